The molecule has 1 atom stereocenters. The lowest BCUT2D eigenvalue weighted by molar-refractivity contribution is -0.137. The maximum atomic E-state index is 10.5. The first-order valence-electron chi connectivity index (χ1n) is 4.42. The van der Waals surface area contributed by atoms with Crippen LogP contribution < -0.4 is 0 Å². The maximum Gasteiger partial charge on any atom is 0.305 e. The fourth-order valence-corrected chi connectivity index (χ4v) is 1.95. The molecular weight excluding hydrogens is 168 g/mol. The van der Waals surface area contributed by atoms with Gasteiger partial charge in [0.25, 0.3) is 0 Å². The molecule has 1 aromatic heterocycles. The number of rotatable bonds is 2. The van der Waals surface area contributed by atoms with E-state index < -0.39 is 5.97 Å². The van der Waals surface area contributed by atoms with Crippen LogP contribution in [0.25, 0.3) is 0 Å². The van der Waals surface area contributed by atoms with Crippen molar-refractivity contribution >= 4 is 5.97 Å². The number of aliphatic carboxylic acids is 1. The Labute approximate surface area is 76.2 Å². The summed E-state index contributed by atoms with van der Waals surface area (Å²) in [5.74, 6) is -0.732. The van der Waals surface area contributed by atoms with Crippen LogP contribution in [0.2, 0.25) is 0 Å². The Balaban J connectivity index is 2.23. The minimum Gasteiger partial charge on any atom is -0.481 e. The van der Waals surface area contributed by atoms with E-state index >= 15 is 0 Å². The Morgan fingerprint density at radius 3 is 3.31 bits per heavy atom. The highest BCUT2D eigenvalue weighted by Gasteiger charge is 2.25. The highest BCUT2D eigenvalue weighted by molar-refractivity contribution is 5.67. The molecule has 0 amide bonds. The van der Waals surface area contributed by atoms with Crippen molar-refractivity contribution in [2.75, 3.05) is 0 Å². The van der Waals surface area contributed by atoms with Gasteiger partial charge in [-0.25, -0.2) is 4.98 Å². The Morgan fingerprint density at radius 1 is 1.85 bits per heavy atom. The van der Waals surface area contributed by atoms with Gasteiger partial charge >= 0.3 is 5.97 Å². The van der Waals surface area contributed by atoms with Gasteiger partial charge in [0, 0.05) is 11.7 Å². The summed E-state index contributed by atoms with van der Waals surface area (Å²) >= 11 is 0. The minimum atomic E-state index is -0.732. The van der Waals surface area contributed by atoms with Gasteiger partial charge in [0.2, 0.25) is 0 Å². The summed E-state index contributed by atoms with van der Waals surface area (Å²) in [6.45, 7) is 1.97. The molecule has 0 aromatic carbocycles. The summed E-state index contributed by atoms with van der Waals surface area (Å²) in [6, 6.07) is 0.119. The van der Waals surface area contributed by atoms with Crippen LogP contribution >= 0.6 is 0 Å². The molecule has 1 unspecified atom stereocenters. The summed E-state index contributed by atoms with van der Waals surface area (Å²) in [6.07, 6.45) is 3.86. The van der Waals surface area contributed by atoms with Crippen LogP contribution in [-0.4, -0.2) is 20.6 Å². The van der Waals surface area contributed by atoms with Gasteiger partial charge in [-0.2, -0.15) is 0 Å². The largest absolute Gasteiger partial charge is 0.481 e. The molecule has 13 heavy (non-hydrogen) atoms. The molecule has 1 aliphatic rings. The number of nitrogens with zero attached hydrogens (tertiary/aromatic N) is 2. The van der Waals surface area contributed by atoms with Gasteiger partial charge in [-0.3, -0.25) is 4.79 Å². The van der Waals surface area contributed by atoms with Crippen LogP contribution in [-0.2, 0) is 11.2 Å². The maximum absolute atomic E-state index is 10.5. The van der Waals surface area contributed by atoms with Crippen molar-refractivity contribution in [3.05, 3.63) is 17.7 Å². The monoisotopic (exact) mass is 180 g/mol. The lowest BCUT2D eigenvalue weighted by Crippen LogP contribution is -2.08. The van der Waals surface area contributed by atoms with Crippen molar-refractivity contribution in [2.45, 2.75) is 32.2 Å². The summed E-state index contributed by atoms with van der Waals surface area (Å²) in [4.78, 5) is 14.7. The third-order valence-electron chi connectivity index (χ3n) is 2.62. The van der Waals surface area contributed by atoms with Crippen LogP contribution in [0.1, 0.15) is 30.3 Å². The number of imidazole rings is 1. The van der Waals surface area contributed by atoms with Crippen LogP contribution in [0.5, 0.6) is 0 Å². The molecule has 0 radical (unpaired) electrons. The van der Waals surface area contributed by atoms with Crippen molar-refractivity contribution in [3.63, 3.8) is 0 Å². The fraction of sp³-hybridized carbons (Fsp3) is 0.556. The average Bonchev–Trinajstić information content (AvgIpc) is 2.56. The zero-order valence-electron chi connectivity index (χ0n) is 7.53. The van der Waals surface area contributed by atoms with Crippen molar-refractivity contribution in [3.8, 4) is 0 Å². The molecule has 1 N–H and O–H groups in total. The lowest BCUT2D eigenvalue weighted by Gasteiger charge is -2.08. The molecule has 4 heteroatoms. The lowest BCUT2D eigenvalue weighted by atomic mass is 10.1. The molecule has 1 aromatic rings. The Bertz CT molecular complexity index is 343. The second-order valence-electron chi connectivity index (χ2n) is 3.47. The van der Waals surface area contributed by atoms with E-state index in [2.05, 4.69) is 4.98 Å². The molecular formula is C9H12N2O2. The fourth-order valence-electron chi connectivity index (χ4n) is 1.95. The zero-order valence-corrected chi connectivity index (χ0v) is 7.53. The van der Waals surface area contributed by atoms with E-state index in [1.165, 1.54) is 5.69 Å². The molecule has 0 aliphatic carbocycles. The van der Waals surface area contributed by atoms with Gasteiger partial charge in [0.05, 0.1) is 18.4 Å². The van der Waals surface area contributed by atoms with Crippen molar-refractivity contribution in [1.29, 1.82) is 0 Å². The van der Waals surface area contributed by atoms with E-state index in [4.69, 9.17) is 5.11 Å². The van der Waals surface area contributed by atoms with E-state index in [1.54, 1.807) is 6.33 Å². The molecule has 1 aliphatic heterocycles. The molecule has 0 saturated heterocycles. The normalized spacial score (nSPS) is 20.2. The number of fused-ring (bicyclic) bond motifs is 1. The first-order chi connectivity index (χ1) is 6.18. The molecule has 0 bridgehead atoms. The third kappa shape index (κ3) is 1.32. The molecule has 70 valence electrons. The molecule has 2 heterocycles. The highest BCUT2D eigenvalue weighted by Crippen LogP contribution is 2.29. The van der Waals surface area contributed by atoms with E-state index in [0.717, 1.165) is 18.5 Å². The van der Waals surface area contributed by atoms with Gasteiger partial charge in [-0.1, -0.05) is 0 Å². The average molecular weight is 180 g/mol. The number of carboxylic acid groups (broad SMARTS) is 1. The second-order valence-corrected chi connectivity index (χ2v) is 3.47. The van der Waals surface area contributed by atoms with E-state index in [9.17, 15) is 4.79 Å². The molecule has 4 nitrogen and oxygen atoms in total. The van der Waals surface area contributed by atoms with Crippen molar-refractivity contribution < 1.29 is 9.90 Å². The van der Waals surface area contributed by atoms with Crippen molar-refractivity contribution in [2.24, 2.45) is 0 Å². The van der Waals surface area contributed by atoms with Crippen LogP contribution in [0, 0.1) is 6.92 Å². The van der Waals surface area contributed by atoms with E-state index in [-0.39, 0.29) is 12.5 Å². The summed E-state index contributed by atoms with van der Waals surface area (Å²) in [5.41, 5.74) is 2.24. The number of aryl methyl sites for hydroxylation is 1. The van der Waals surface area contributed by atoms with E-state index in [1.807, 2.05) is 11.5 Å². The molecule has 0 fully saturated rings. The Morgan fingerprint density at radius 2 is 2.62 bits per heavy atom. The minimum absolute atomic E-state index is 0.119. The number of hydrogen-bond donors (Lipinski definition) is 1. The predicted molar refractivity (Wildman–Crippen MR) is 46.6 cm³/mol. The number of hydrogen-bond acceptors (Lipinski definition) is 2. The first kappa shape index (κ1) is 8.29. The van der Waals surface area contributed by atoms with Gasteiger partial charge in [0.1, 0.15) is 0 Å². The third-order valence-corrected chi connectivity index (χ3v) is 2.62. The summed E-state index contributed by atoms with van der Waals surface area (Å²) < 4.78 is 2.00. The Hall–Kier alpha value is -1.32. The number of aromatic nitrogens is 2. The summed E-state index contributed by atoms with van der Waals surface area (Å²) in [7, 11) is 0. The number of carboxylic acids is 1. The van der Waals surface area contributed by atoms with Crippen LogP contribution in [0.4, 0.5) is 0 Å². The van der Waals surface area contributed by atoms with Crippen LogP contribution in [0.15, 0.2) is 6.33 Å². The topological polar surface area (TPSA) is 55.1 Å². The van der Waals surface area contributed by atoms with E-state index in [0.29, 0.717) is 0 Å². The van der Waals surface area contributed by atoms with Gasteiger partial charge in [0.15, 0.2) is 0 Å². The second kappa shape index (κ2) is 2.87. The van der Waals surface area contributed by atoms with Crippen molar-refractivity contribution in [1.82, 2.24) is 9.55 Å². The highest BCUT2D eigenvalue weighted by atomic mass is 16.4. The number of carbonyl (C=O) groups is 1. The smallest absolute Gasteiger partial charge is 0.305 e. The van der Waals surface area contributed by atoms with Gasteiger partial charge in [-0.15, -0.1) is 0 Å². The SMILES string of the molecule is Cc1ncn2c1CCC2CC(=O)O. The summed E-state index contributed by atoms with van der Waals surface area (Å²) in [5, 5.41) is 8.67. The quantitative estimate of drug-likeness (QED) is 0.742. The molecule has 2 rings (SSSR count). The van der Waals surface area contributed by atoms with Crippen LogP contribution in [0.3, 0.4) is 0 Å². The van der Waals surface area contributed by atoms with Gasteiger partial charge < -0.3 is 9.67 Å². The molecule has 0 saturated carbocycles. The predicted octanol–water partition coefficient (Wildman–Crippen LogP) is 1.15. The molecule has 0 spiro atoms. The van der Waals surface area contributed by atoms with Gasteiger partial charge in [-0.05, 0) is 19.8 Å². The standard InChI is InChI=1S/C9H12N2O2/c1-6-8-3-2-7(4-9(12)13)11(8)5-10-6/h5,7H,2-4H2,1H3,(H,12,13). The first-order valence-corrected chi connectivity index (χ1v) is 4.42. The Kier molecular flexibility index (Phi) is 1.83. The zero-order chi connectivity index (χ0) is 9.42.